The molecule has 0 atom stereocenters. The van der Waals surface area contributed by atoms with Crippen LogP contribution in [0.4, 0.5) is 0 Å². The molecule has 0 unspecified atom stereocenters. The summed E-state index contributed by atoms with van der Waals surface area (Å²) in [7, 11) is 0. The Labute approximate surface area is 309 Å². The van der Waals surface area contributed by atoms with Crippen molar-refractivity contribution in [3.8, 4) is 43.2 Å². The zero-order chi connectivity index (χ0) is 33.8. The third-order valence-corrected chi connectivity index (χ3v) is 13.6. The minimum atomic E-state index is 1.11. The summed E-state index contributed by atoms with van der Waals surface area (Å²) in [5, 5.41) is 4.75. The monoisotopic (exact) mass is 714 g/mol. The van der Waals surface area contributed by atoms with Gasteiger partial charge in [0.15, 0.2) is 0 Å². The fraction of sp³-hybridized carbons (Fsp3) is 0.545. The van der Waals surface area contributed by atoms with Crippen LogP contribution in [0.1, 0.15) is 162 Å². The Kier molecular flexibility index (Phi) is 18.2. The van der Waals surface area contributed by atoms with E-state index in [2.05, 4.69) is 86.4 Å². The first-order chi connectivity index (χ1) is 23.6. The molecule has 0 amide bonds. The molecule has 0 spiro atoms. The highest BCUT2D eigenvalue weighted by atomic mass is 32.1. The standard InChI is InChI=1S/C44H58S4/c1-5-9-13-17-23-35-29-41(45-33-35)43-31-37(25-19-15-11-7-3)39(47-43)27-21-22-28-40-38(26-20-16-12-8-4)32-44(48-40)42-30-36(34-46-42)24-18-14-10-6-2/h29-34H,5-20,23-26H2,1-4H3. The summed E-state index contributed by atoms with van der Waals surface area (Å²) in [4.78, 5) is 7.98. The van der Waals surface area contributed by atoms with Crippen LogP contribution in [-0.2, 0) is 25.7 Å². The summed E-state index contributed by atoms with van der Waals surface area (Å²) in [6, 6.07) is 9.72. The first-order valence-electron chi connectivity index (χ1n) is 19.1. The Bertz CT molecular complexity index is 1480. The average Bonchev–Trinajstić information content (AvgIpc) is 3.91. The van der Waals surface area contributed by atoms with Crippen LogP contribution in [-0.4, -0.2) is 0 Å². The summed E-state index contributed by atoms with van der Waals surface area (Å²) >= 11 is 7.55. The number of unbranched alkanes of at least 4 members (excludes halogenated alkanes) is 12. The van der Waals surface area contributed by atoms with Crippen molar-refractivity contribution in [1.82, 2.24) is 0 Å². The molecule has 0 nitrogen and oxygen atoms in total. The zero-order valence-corrected chi connectivity index (χ0v) is 33.5. The molecule has 0 saturated heterocycles. The van der Waals surface area contributed by atoms with Crippen LogP contribution < -0.4 is 0 Å². The molecule has 0 saturated carbocycles. The maximum Gasteiger partial charge on any atom is 0.0817 e. The Morgan fingerprint density at radius 3 is 1.17 bits per heavy atom. The second kappa shape index (κ2) is 22.6. The fourth-order valence-corrected chi connectivity index (χ4v) is 10.3. The number of hydrogen-bond acceptors (Lipinski definition) is 4. The fourth-order valence-electron chi connectivity index (χ4n) is 6.13. The van der Waals surface area contributed by atoms with Gasteiger partial charge in [-0.2, -0.15) is 0 Å². The maximum absolute atomic E-state index is 3.53. The van der Waals surface area contributed by atoms with Gasteiger partial charge in [0.05, 0.1) is 9.75 Å². The molecule has 0 fully saturated rings. The highest BCUT2D eigenvalue weighted by Gasteiger charge is 2.13. The van der Waals surface area contributed by atoms with E-state index in [1.54, 1.807) is 0 Å². The Morgan fingerprint density at radius 2 is 0.792 bits per heavy atom. The van der Waals surface area contributed by atoms with E-state index in [0.29, 0.717) is 0 Å². The van der Waals surface area contributed by atoms with Crippen LogP contribution in [0.15, 0.2) is 35.0 Å². The number of rotatable bonds is 22. The summed E-state index contributed by atoms with van der Waals surface area (Å²) in [6.07, 6.45) is 25.4. The van der Waals surface area contributed by atoms with Gasteiger partial charge in [-0.3, -0.25) is 0 Å². The van der Waals surface area contributed by atoms with Crippen molar-refractivity contribution in [2.24, 2.45) is 0 Å². The molecule has 4 aromatic heterocycles. The molecule has 4 heteroatoms. The van der Waals surface area contributed by atoms with Crippen LogP contribution in [0, 0.1) is 23.7 Å². The minimum absolute atomic E-state index is 1.11. The van der Waals surface area contributed by atoms with Crippen molar-refractivity contribution >= 4 is 45.3 Å². The number of hydrogen-bond donors (Lipinski definition) is 0. The number of thiophene rings is 4. The molecule has 0 aromatic carbocycles. The van der Waals surface area contributed by atoms with E-state index in [1.165, 1.54) is 167 Å². The van der Waals surface area contributed by atoms with Gasteiger partial charge in [0.2, 0.25) is 0 Å². The van der Waals surface area contributed by atoms with Crippen molar-refractivity contribution in [2.75, 3.05) is 0 Å². The van der Waals surface area contributed by atoms with Gasteiger partial charge in [-0.1, -0.05) is 105 Å². The third kappa shape index (κ3) is 13.0. The van der Waals surface area contributed by atoms with Crippen LogP contribution >= 0.6 is 45.3 Å². The molecule has 4 heterocycles. The minimum Gasteiger partial charge on any atom is -0.143 e. The molecule has 4 aromatic rings. The second-order valence-electron chi connectivity index (χ2n) is 13.3. The lowest BCUT2D eigenvalue weighted by atomic mass is 10.1. The van der Waals surface area contributed by atoms with Gasteiger partial charge >= 0.3 is 0 Å². The predicted octanol–water partition coefficient (Wildman–Crippen LogP) is 15.2. The predicted molar refractivity (Wildman–Crippen MR) is 220 cm³/mol. The Morgan fingerprint density at radius 1 is 0.417 bits per heavy atom. The van der Waals surface area contributed by atoms with Crippen LogP contribution in [0.25, 0.3) is 19.5 Å². The largest absolute Gasteiger partial charge is 0.143 e. The smallest absolute Gasteiger partial charge is 0.0817 e. The van der Waals surface area contributed by atoms with Gasteiger partial charge in [-0.15, -0.1) is 45.3 Å². The van der Waals surface area contributed by atoms with E-state index in [9.17, 15) is 0 Å². The van der Waals surface area contributed by atoms with E-state index < -0.39 is 0 Å². The quantitative estimate of drug-likeness (QED) is 0.0562. The van der Waals surface area contributed by atoms with Gasteiger partial charge in [0.25, 0.3) is 0 Å². The molecule has 4 rings (SSSR count). The molecule has 0 aliphatic heterocycles. The van der Waals surface area contributed by atoms with Crippen LogP contribution in [0.2, 0.25) is 0 Å². The average molecular weight is 715 g/mol. The Hall–Kier alpha value is -2.08. The van der Waals surface area contributed by atoms with Crippen molar-refractivity contribution in [3.05, 3.63) is 67.0 Å². The van der Waals surface area contributed by atoms with E-state index in [-0.39, 0.29) is 0 Å². The van der Waals surface area contributed by atoms with E-state index in [4.69, 9.17) is 0 Å². The van der Waals surface area contributed by atoms with Gasteiger partial charge in [-0.25, -0.2) is 0 Å². The molecular formula is C44H58S4. The lowest BCUT2D eigenvalue weighted by Gasteiger charge is -1.99. The molecule has 0 aliphatic carbocycles. The highest BCUT2D eigenvalue weighted by Crippen LogP contribution is 2.38. The van der Waals surface area contributed by atoms with Crippen molar-refractivity contribution < 1.29 is 0 Å². The molecule has 48 heavy (non-hydrogen) atoms. The van der Waals surface area contributed by atoms with Gasteiger partial charge in [0.1, 0.15) is 0 Å². The van der Waals surface area contributed by atoms with Gasteiger partial charge in [0, 0.05) is 19.5 Å². The highest BCUT2D eigenvalue weighted by molar-refractivity contribution is 7.22. The van der Waals surface area contributed by atoms with Crippen LogP contribution in [0.5, 0.6) is 0 Å². The molecule has 0 aliphatic rings. The lowest BCUT2D eigenvalue weighted by molar-refractivity contribution is 0.667. The zero-order valence-electron chi connectivity index (χ0n) is 30.2. The summed E-state index contributed by atoms with van der Waals surface area (Å²) in [6.45, 7) is 9.14. The topological polar surface area (TPSA) is 0 Å². The molecule has 258 valence electrons. The molecule has 0 N–H and O–H groups in total. The van der Waals surface area contributed by atoms with Gasteiger partial charge in [-0.05, 0) is 132 Å². The first kappa shape index (κ1) is 38.7. The molecule has 0 bridgehead atoms. The SMILES string of the molecule is CCCCCCc1csc(-c2cc(CCCCCC)c(C#CC#Cc3sc(-c4cc(CCCCCC)cs4)cc3CCCCCC)s2)c1. The van der Waals surface area contributed by atoms with Crippen LogP contribution in [0.3, 0.4) is 0 Å². The normalized spacial score (nSPS) is 11.0. The van der Waals surface area contributed by atoms with Crippen molar-refractivity contribution in [2.45, 2.75) is 156 Å². The maximum atomic E-state index is 3.53. The first-order valence-corrected chi connectivity index (χ1v) is 22.5. The van der Waals surface area contributed by atoms with Crippen molar-refractivity contribution in [3.63, 3.8) is 0 Å². The lowest BCUT2D eigenvalue weighted by Crippen LogP contribution is -1.86. The molecular weight excluding hydrogens is 657 g/mol. The second-order valence-corrected chi connectivity index (χ2v) is 17.2. The van der Waals surface area contributed by atoms with E-state index >= 15 is 0 Å². The van der Waals surface area contributed by atoms with Crippen molar-refractivity contribution in [1.29, 1.82) is 0 Å². The summed E-state index contributed by atoms with van der Waals surface area (Å²) < 4.78 is 0. The summed E-state index contributed by atoms with van der Waals surface area (Å²) in [5.41, 5.74) is 5.82. The van der Waals surface area contributed by atoms with E-state index in [0.717, 1.165) is 12.8 Å². The summed E-state index contributed by atoms with van der Waals surface area (Å²) in [5.74, 6) is 13.7. The number of aryl methyl sites for hydroxylation is 4. The van der Waals surface area contributed by atoms with Gasteiger partial charge < -0.3 is 0 Å². The third-order valence-electron chi connectivity index (χ3n) is 9.06. The van der Waals surface area contributed by atoms with E-state index in [1.807, 2.05) is 45.3 Å². The molecule has 0 radical (unpaired) electrons. The Balaban J connectivity index is 1.52.